The number of amides is 2. The number of methoxy groups -OCH3 is 1. The van der Waals surface area contributed by atoms with Gasteiger partial charge in [0.15, 0.2) is 0 Å². The van der Waals surface area contributed by atoms with Gasteiger partial charge in [-0.1, -0.05) is 31.0 Å². The molecule has 1 heterocycles. The van der Waals surface area contributed by atoms with Gasteiger partial charge in [0, 0.05) is 16.6 Å². The first-order valence-corrected chi connectivity index (χ1v) is 12.0. The summed E-state index contributed by atoms with van der Waals surface area (Å²) in [6, 6.07) is 15.8. The summed E-state index contributed by atoms with van der Waals surface area (Å²) < 4.78 is 19.1. The number of thiophene rings is 1. The minimum Gasteiger partial charge on any atom is -0.497 e. The van der Waals surface area contributed by atoms with E-state index in [-0.39, 0.29) is 24.3 Å². The van der Waals surface area contributed by atoms with Gasteiger partial charge in [-0.15, -0.1) is 11.3 Å². The largest absolute Gasteiger partial charge is 0.497 e. The fraction of sp³-hybridized carbons (Fsp3) is 0.308. The quantitative estimate of drug-likeness (QED) is 0.492. The van der Waals surface area contributed by atoms with Crippen LogP contribution in [0.5, 0.6) is 5.75 Å². The zero-order chi connectivity index (χ0) is 23.2. The predicted molar refractivity (Wildman–Crippen MR) is 128 cm³/mol. The number of hydrogen-bond acceptors (Lipinski definition) is 4. The molecular weight excluding hydrogens is 439 g/mol. The molecule has 0 radical (unpaired) electrons. The molecule has 1 aliphatic rings. The molecule has 3 aromatic rings. The molecule has 7 heteroatoms. The van der Waals surface area contributed by atoms with Gasteiger partial charge >= 0.3 is 0 Å². The molecule has 0 aliphatic heterocycles. The van der Waals surface area contributed by atoms with Crippen molar-refractivity contribution in [3.63, 3.8) is 0 Å². The zero-order valence-corrected chi connectivity index (χ0v) is 19.3. The maximum atomic E-state index is 13.7. The van der Waals surface area contributed by atoms with Crippen LogP contribution in [0.15, 0.2) is 66.0 Å². The van der Waals surface area contributed by atoms with Crippen LogP contribution in [0.3, 0.4) is 0 Å². The first-order chi connectivity index (χ1) is 16.0. The Labute approximate surface area is 197 Å². The van der Waals surface area contributed by atoms with Crippen molar-refractivity contribution in [2.45, 2.75) is 44.2 Å². The topological polar surface area (TPSA) is 58.6 Å². The van der Waals surface area contributed by atoms with E-state index in [2.05, 4.69) is 5.32 Å². The van der Waals surface area contributed by atoms with E-state index < -0.39 is 11.9 Å². The van der Waals surface area contributed by atoms with Crippen LogP contribution in [0.1, 0.15) is 42.2 Å². The Hall–Kier alpha value is -3.19. The van der Waals surface area contributed by atoms with Crippen molar-refractivity contribution in [2.24, 2.45) is 0 Å². The highest BCUT2D eigenvalue weighted by atomic mass is 32.1. The second kappa shape index (κ2) is 10.6. The van der Waals surface area contributed by atoms with Gasteiger partial charge in [0.1, 0.15) is 17.6 Å². The molecule has 33 heavy (non-hydrogen) atoms. The molecular formula is C26H27FN2O3S. The maximum Gasteiger partial charge on any atom is 0.248 e. The summed E-state index contributed by atoms with van der Waals surface area (Å²) >= 11 is 1.49. The van der Waals surface area contributed by atoms with E-state index >= 15 is 0 Å². The predicted octanol–water partition coefficient (Wildman–Crippen LogP) is 5.27. The van der Waals surface area contributed by atoms with E-state index in [4.69, 9.17) is 4.74 Å². The lowest BCUT2D eigenvalue weighted by Crippen LogP contribution is -2.46. The molecule has 2 amide bonds. The standard InChI is InChI=1S/C26H27FN2O3S/c1-32-22-9-4-6-18(16-22)25(26(31)28-20-7-2-3-8-20)29(21-13-11-19(27)12-14-21)24(30)17-23-10-5-15-33-23/h4-6,9-16,20,25H,2-3,7-8,17H2,1H3,(H,28,31). The summed E-state index contributed by atoms with van der Waals surface area (Å²) in [6.45, 7) is 0. The number of nitrogens with one attached hydrogen (secondary N) is 1. The lowest BCUT2D eigenvalue weighted by atomic mass is 10.0. The summed E-state index contributed by atoms with van der Waals surface area (Å²) in [7, 11) is 1.56. The Kier molecular flexibility index (Phi) is 7.40. The molecule has 1 unspecified atom stereocenters. The van der Waals surface area contributed by atoms with Gasteiger partial charge in [0.05, 0.1) is 13.5 Å². The average molecular weight is 467 g/mol. The van der Waals surface area contributed by atoms with Crippen LogP contribution >= 0.6 is 11.3 Å². The highest BCUT2D eigenvalue weighted by Crippen LogP contribution is 2.32. The number of halogens is 1. The number of carbonyl (C=O) groups excluding carboxylic acids is 2. The number of ether oxygens (including phenoxy) is 1. The van der Waals surface area contributed by atoms with Gasteiger partial charge < -0.3 is 10.1 Å². The first-order valence-electron chi connectivity index (χ1n) is 11.1. The third-order valence-electron chi connectivity index (χ3n) is 5.90. The van der Waals surface area contributed by atoms with Gasteiger partial charge in [-0.25, -0.2) is 4.39 Å². The molecule has 1 fully saturated rings. The van der Waals surface area contributed by atoms with Crippen molar-refractivity contribution in [2.75, 3.05) is 12.0 Å². The summed E-state index contributed by atoms with van der Waals surface area (Å²) in [4.78, 5) is 29.7. The molecule has 1 aromatic heterocycles. The highest BCUT2D eigenvalue weighted by Gasteiger charge is 2.34. The third-order valence-corrected chi connectivity index (χ3v) is 6.77. The lowest BCUT2D eigenvalue weighted by Gasteiger charge is -2.32. The van der Waals surface area contributed by atoms with Crippen LogP contribution in [0.4, 0.5) is 10.1 Å². The van der Waals surface area contributed by atoms with E-state index in [9.17, 15) is 14.0 Å². The minimum atomic E-state index is -0.918. The molecule has 1 N–H and O–H groups in total. The summed E-state index contributed by atoms with van der Waals surface area (Å²) in [5.41, 5.74) is 1.10. The Bertz CT molecular complexity index is 1080. The van der Waals surface area contributed by atoms with E-state index in [0.29, 0.717) is 17.0 Å². The van der Waals surface area contributed by atoms with Crippen molar-refractivity contribution in [1.82, 2.24) is 5.32 Å². The van der Waals surface area contributed by atoms with Gasteiger partial charge in [-0.2, -0.15) is 0 Å². The van der Waals surface area contributed by atoms with E-state index in [1.54, 1.807) is 25.3 Å². The monoisotopic (exact) mass is 466 g/mol. The van der Waals surface area contributed by atoms with Crippen molar-refractivity contribution in [1.29, 1.82) is 0 Å². The lowest BCUT2D eigenvalue weighted by molar-refractivity contribution is -0.127. The number of benzene rings is 2. The highest BCUT2D eigenvalue weighted by molar-refractivity contribution is 7.10. The zero-order valence-electron chi connectivity index (χ0n) is 18.5. The van der Waals surface area contributed by atoms with Crippen molar-refractivity contribution < 1.29 is 18.7 Å². The maximum absolute atomic E-state index is 13.7. The van der Waals surface area contributed by atoms with Gasteiger partial charge in [0.25, 0.3) is 0 Å². The number of hydrogen-bond donors (Lipinski definition) is 1. The van der Waals surface area contributed by atoms with Crippen LogP contribution in [0.25, 0.3) is 0 Å². The molecule has 0 bridgehead atoms. The Morgan fingerprint density at radius 1 is 1.12 bits per heavy atom. The molecule has 1 aliphatic carbocycles. The molecule has 1 saturated carbocycles. The molecule has 1 atom stereocenters. The third kappa shape index (κ3) is 5.60. The van der Waals surface area contributed by atoms with Crippen LogP contribution in [-0.2, 0) is 16.0 Å². The average Bonchev–Trinajstić information content (AvgIpc) is 3.52. The fourth-order valence-corrected chi connectivity index (χ4v) is 4.96. The normalized spacial score (nSPS) is 14.6. The van der Waals surface area contributed by atoms with Gasteiger partial charge in [-0.3, -0.25) is 14.5 Å². The van der Waals surface area contributed by atoms with Crippen LogP contribution in [-0.4, -0.2) is 25.0 Å². The smallest absolute Gasteiger partial charge is 0.248 e. The Morgan fingerprint density at radius 3 is 2.55 bits per heavy atom. The number of nitrogens with zero attached hydrogens (tertiary/aromatic N) is 1. The Balaban J connectivity index is 1.77. The summed E-state index contributed by atoms with van der Waals surface area (Å²) in [6.07, 6.45) is 4.15. The van der Waals surface area contributed by atoms with Crippen molar-refractivity contribution in [3.05, 3.63) is 82.3 Å². The van der Waals surface area contributed by atoms with E-state index in [1.165, 1.54) is 40.5 Å². The second-order valence-corrected chi connectivity index (χ2v) is 9.20. The Morgan fingerprint density at radius 2 is 1.88 bits per heavy atom. The molecule has 0 spiro atoms. The van der Waals surface area contributed by atoms with Gasteiger partial charge in [-0.05, 0) is 66.2 Å². The molecule has 0 saturated heterocycles. The van der Waals surface area contributed by atoms with Crippen LogP contribution in [0, 0.1) is 5.82 Å². The van der Waals surface area contributed by atoms with E-state index in [1.807, 2.05) is 23.6 Å². The van der Waals surface area contributed by atoms with Crippen LogP contribution in [0.2, 0.25) is 0 Å². The molecule has 4 rings (SSSR count). The number of carbonyl (C=O) groups is 2. The fourth-order valence-electron chi connectivity index (χ4n) is 4.27. The number of anilines is 1. The molecule has 5 nitrogen and oxygen atoms in total. The van der Waals surface area contributed by atoms with Gasteiger partial charge in [0.2, 0.25) is 11.8 Å². The second-order valence-electron chi connectivity index (χ2n) is 8.17. The SMILES string of the molecule is COc1cccc(C(C(=O)NC2CCCC2)N(C(=O)Cc2cccs2)c2ccc(F)cc2)c1. The van der Waals surface area contributed by atoms with Crippen molar-refractivity contribution >= 4 is 28.8 Å². The first kappa shape index (κ1) is 23.0. The summed E-state index contributed by atoms with van der Waals surface area (Å²) in [5.74, 6) is -0.300. The van der Waals surface area contributed by atoms with Crippen molar-refractivity contribution in [3.8, 4) is 5.75 Å². The molecule has 172 valence electrons. The van der Waals surface area contributed by atoms with E-state index in [0.717, 1.165) is 30.6 Å². The van der Waals surface area contributed by atoms with Crippen LogP contribution < -0.4 is 15.0 Å². The number of rotatable bonds is 8. The minimum absolute atomic E-state index is 0.0908. The summed E-state index contributed by atoms with van der Waals surface area (Å²) in [5, 5.41) is 5.06. The molecule has 2 aromatic carbocycles.